The number of alkyl halides is 3. The first-order valence-electron chi connectivity index (χ1n) is 14.7. The van der Waals surface area contributed by atoms with Crippen LogP contribution in [0.15, 0.2) is 59.5 Å². The maximum Gasteiger partial charge on any atom is 0.405 e. The van der Waals surface area contributed by atoms with Gasteiger partial charge in [0.1, 0.15) is 18.6 Å². The second-order valence-corrected chi connectivity index (χ2v) is 9.94. The van der Waals surface area contributed by atoms with Crippen LogP contribution in [0.3, 0.4) is 0 Å². The van der Waals surface area contributed by atoms with Gasteiger partial charge in [-0.2, -0.15) is 18.3 Å². The smallest absolute Gasteiger partial charge is 0.405 e. The Morgan fingerprint density at radius 1 is 0.938 bits per heavy atom. The van der Waals surface area contributed by atoms with E-state index in [2.05, 4.69) is 25.7 Å². The number of aromatic nitrogens is 4. The third-order valence-electron chi connectivity index (χ3n) is 6.26. The Labute approximate surface area is 272 Å². The Hall–Kier alpha value is -4.88. The van der Waals surface area contributed by atoms with E-state index in [1.165, 1.54) is 29.2 Å². The van der Waals surface area contributed by atoms with Crippen molar-refractivity contribution in [2.75, 3.05) is 70.0 Å². The van der Waals surface area contributed by atoms with Crippen molar-refractivity contribution in [3.05, 3.63) is 72.0 Å². The molecule has 0 spiro atoms. The molecule has 0 saturated heterocycles. The van der Waals surface area contributed by atoms with Crippen molar-refractivity contribution in [3.8, 4) is 17.1 Å². The van der Waals surface area contributed by atoms with Gasteiger partial charge in [-0.15, -0.1) is 0 Å². The molecule has 15 nitrogen and oxygen atoms in total. The lowest BCUT2D eigenvalue weighted by Crippen LogP contribution is -2.21. The van der Waals surface area contributed by atoms with Gasteiger partial charge in [0.25, 0.3) is 11.8 Å². The van der Waals surface area contributed by atoms with Gasteiger partial charge in [-0.1, -0.05) is 12.1 Å². The van der Waals surface area contributed by atoms with E-state index in [0.717, 1.165) is 11.8 Å². The molecule has 0 radical (unpaired) electrons. The maximum absolute atomic E-state index is 13.0. The van der Waals surface area contributed by atoms with Crippen molar-refractivity contribution in [1.82, 2.24) is 19.7 Å². The average molecular weight is 677 g/mol. The maximum atomic E-state index is 13.0. The highest BCUT2D eigenvalue weighted by molar-refractivity contribution is 6.07. The van der Waals surface area contributed by atoms with E-state index in [1.54, 1.807) is 12.1 Å². The lowest BCUT2D eigenvalue weighted by molar-refractivity contribution is -0.115. The molecule has 6 N–H and O–H groups in total. The molecule has 0 atom stereocenters. The number of amides is 2. The topological polar surface area (TPSA) is 204 Å². The minimum absolute atomic E-state index is 0.0253. The molecule has 4 rings (SSSR count). The normalized spacial score (nSPS) is 11.5. The predicted molar refractivity (Wildman–Crippen MR) is 165 cm³/mol. The molecule has 0 unspecified atom stereocenters. The van der Waals surface area contributed by atoms with Crippen LogP contribution in [0.1, 0.15) is 26.5 Å². The number of ether oxygens (including phenoxy) is 4. The first kappa shape index (κ1) is 36.0. The molecule has 48 heavy (non-hydrogen) atoms. The first-order valence-corrected chi connectivity index (χ1v) is 14.7. The number of nitrogens with two attached hydrogens (primary N) is 2. The Morgan fingerprint density at radius 3 is 2.25 bits per heavy atom. The quantitative estimate of drug-likeness (QED) is 0.0998. The second kappa shape index (κ2) is 17.9. The average Bonchev–Trinajstić information content (AvgIpc) is 3.73. The van der Waals surface area contributed by atoms with Crippen molar-refractivity contribution in [2.24, 2.45) is 11.5 Å². The summed E-state index contributed by atoms with van der Waals surface area (Å²) in [5.74, 6) is -1.72. The molecule has 3 heterocycles. The summed E-state index contributed by atoms with van der Waals surface area (Å²) >= 11 is 0. The van der Waals surface area contributed by atoms with Gasteiger partial charge in [0.15, 0.2) is 11.4 Å². The number of halogens is 3. The van der Waals surface area contributed by atoms with Gasteiger partial charge < -0.3 is 45.5 Å². The molecular formula is C30H35F3N8O7. The largest absolute Gasteiger partial charge is 0.444 e. The fraction of sp³-hybridized carbons (Fsp3) is 0.367. The Morgan fingerprint density at radius 2 is 1.60 bits per heavy atom. The number of carbonyl (C=O) groups excluding carboxylic acids is 2. The molecule has 0 aliphatic heterocycles. The van der Waals surface area contributed by atoms with Crippen molar-refractivity contribution in [2.45, 2.75) is 12.8 Å². The van der Waals surface area contributed by atoms with Crippen molar-refractivity contribution in [1.29, 1.82) is 0 Å². The number of nitrogens with zero attached hydrogens (tertiary/aromatic N) is 4. The summed E-state index contributed by atoms with van der Waals surface area (Å²) in [5, 5.41) is 8.91. The minimum Gasteiger partial charge on any atom is -0.444 e. The summed E-state index contributed by atoms with van der Waals surface area (Å²) in [5.41, 5.74) is 12.2. The van der Waals surface area contributed by atoms with Crippen LogP contribution in [0.4, 0.5) is 24.7 Å². The van der Waals surface area contributed by atoms with Crippen molar-refractivity contribution >= 4 is 23.3 Å². The molecule has 0 aliphatic rings. The van der Waals surface area contributed by atoms with Crippen LogP contribution >= 0.6 is 0 Å². The minimum atomic E-state index is -4.43. The molecule has 18 heteroatoms. The standard InChI is InChI=1S/C30H35F3N8O7/c31-30(32,33)19-37-25-15-21(5-7-36-25)29-39-24(18-48-29)28(43)38-23-16-41(40-26(23)27(35)42)22-3-1-20(2-4-22)17-47-14-13-46-12-11-45-10-9-44-8-6-34/h1-5,7,15-16,18H,6,8-14,17,19,34H2,(H2,35,42)(H,36,37)(H,38,43). The van der Waals surface area contributed by atoms with Gasteiger partial charge in [0.05, 0.1) is 70.4 Å². The van der Waals surface area contributed by atoms with Crippen LogP contribution in [0.2, 0.25) is 0 Å². The zero-order valence-electron chi connectivity index (χ0n) is 25.7. The molecule has 1 aromatic carbocycles. The number of primary amides is 1. The lowest BCUT2D eigenvalue weighted by Gasteiger charge is -2.08. The fourth-order valence-electron chi connectivity index (χ4n) is 4.01. The third kappa shape index (κ3) is 11.4. The lowest BCUT2D eigenvalue weighted by atomic mass is 10.2. The SMILES string of the molecule is NCCOCCOCCOCCOCc1ccc(-n2cc(NC(=O)c3coc(-c4ccnc(NCC(F)(F)F)c4)n3)c(C(N)=O)n2)cc1. The van der Waals surface area contributed by atoms with Crippen LogP contribution in [0.25, 0.3) is 17.1 Å². The number of carbonyl (C=O) groups is 2. The number of pyridine rings is 1. The summed E-state index contributed by atoms with van der Waals surface area (Å²) in [4.78, 5) is 33.0. The number of hydrogen-bond donors (Lipinski definition) is 4. The van der Waals surface area contributed by atoms with Crippen LogP contribution in [-0.2, 0) is 25.6 Å². The summed E-state index contributed by atoms with van der Waals surface area (Å²) in [6, 6.07) is 9.90. The molecule has 4 aromatic rings. The number of nitrogens with one attached hydrogen (secondary N) is 2. The van der Waals surface area contributed by atoms with Crippen LogP contribution in [-0.4, -0.2) is 97.1 Å². The monoisotopic (exact) mass is 676 g/mol. The summed E-state index contributed by atoms with van der Waals surface area (Å²) in [7, 11) is 0. The van der Waals surface area contributed by atoms with E-state index in [-0.39, 0.29) is 34.3 Å². The Balaban J connectivity index is 1.27. The molecule has 0 bridgehead atoms. The zero-order chi connectivity index (χ0) is 34.4. The van der Waals surface area contributed by atoms with Gasteiger partial charge in [0.2, 0.25) is 5.89 Å². The zero-order valence-corrected chi connectivity index (χ0v) is 25.7. The number of rotatable bonds is 20. The highest BCUT2D eigenvalue weighted by atomic mass is 19.4. The molecule has 2 amide bonds. The van der Waals surface area contributed by atoms with E-state index in [0.29, 0.717) is 65.1 Å². The Kier molecular flexibility index (Phi) is 13.4. The van der Waals surface area contributed by atoms with E-state index >= 15 is 0 Å². The van der Waals surface area contributed by atoms with E-state index in [9.17, 15) is 22.8 Å². The molecular weight excluding hydrogens is 641 g/mol. The summed E-state index contributed by atoms with van der Waals surface area (Å²) in [6.07, 6.45) is -0.687. The second-order valence-electron chi connectivity index (χ2n) is 9.94. The van der Waals surface area contributed by atoms with Crippen LogP contribution in [0, 0.1) is 0 Å². The first-order chi connectivity index (χ1) is 23.1. The van der Waals surface area contributed by atoms with Gasteiger partial charge in [0, 0.05) is 18.3 Å². The van der Waals surface area contributed by atoms with E-state index < -0.39 is 24.5 Å². The molecule has 3 aromatic heterocycles. The third-order valence-corrected chi connectivity index (χ3v) is 6.26. The molecule has 0 aliphatic carbocycles. The number of hydrogen-bond acceptors (Lipinski definition) is 12. The summed E-state index contributed by atoms with van der Waals surface area (Å²) < 4.78 is 66.1. The number of anilines is 2. The highest BCUT2D eigenvalue weighted by Crippen LogP contribution is 2.23. The number of benzene rings is 1. The van der Waals surface area contributed by atoms with E-state index in [4.69, 9.17) is 34.8 Å². The van der Waals surface area contributed by atoms with Gasteiger partial charge in [-0.05, 0) is 29.8 Å². The van der Waals surface area contributed by atoms with Crippen molar-refractivity contribution in [3.63, 3.8) is 0 Å². The fourth-order valence-corrected chi connectivity index (χ4v) is 4.01. The molecule has 0 saturated carbocycles. The predicted octanol–water partition coefficient (Wildman–Crippen LogP) is 2.77. The van der Waals surface area contributed by atoms with Gasteiger partial charge >= 0.3 is 6.18 Å². The van der Waals surface area contributed by atoms with Crippen LogP contribution in [0.5, 0.6) is 0 Å². The number of oxazole rings is 1. The van der Waals surface area contributed by atoms with Crippen LogP contribution < -0.4 is 22.1 Å². The molecule has 258 valence electrons. The Bertz CT molecular complexity index is 1610. The van der Waals surface area contributed by atoms with Gasteiger partial charge in [-0.25, -0.2) is 14.6 Å². The molecule has 0 fully saturated rings. The van der Waals surface area contributed by atoms with Gasteiger partial charge in [-0.3, -0.25) is 9.59 Å². The van der Waals surface area contributed by atoms with E-state index in [1.807, 2.05) is 12.1 Å². The van der Waals surface area contributed by atoms with Crippen molar-refractivity contribution < 1.29 is 46.1 Å². The highest BCUT2D eigenvalue weighted by Gasteiger charge is 2.27. The summed E-state index contributed by atoms with van der Waals surface area (Å²) in [6.45, 7) is 2.72.